The molecule has 1 aliphatic heterocycles. The quantitative estimate of drug-likeness (QED) is 0.595. The van der Waals surface area contributed by atoms with Crippen molar-refractivity contribution in [1.82, 2.24) is 24.4 Å². The molecule has 186 valence electrons. The number of fused-ring (bicyclic) bond motifs is 1. The summed E-state index contributed by atoms with van der Waals surface area (Å²) in [6, 6.07) is 1.96. The lowest BCUT2D eigenvalue weighted by molar-refractivity contribution is -0.137. The fourth-order valence-corrected chi connectivity index (χ4v) is 3.79. The fourth-order valence-electron chi connectivity index (χ4n) is 3.79. The minimum absolute atomic E-state index is 0.182. The van der Waals surface area contributed by atoms with E-state index in [1.807, 2.05) is 0 Å². The number of nitrogens with zero attached hydrogens (tertiary/aromatic N) is 5. The number of carbonyl (C=O) groups excluding carboxylic acids is 1. The minimum atomic E-state index is -4.51. The maximum absolute atomic E-state index is 13.0. The summed E-state index contributed by atoms with van der Waals surface area (Å²) in [6.45, 7) is 6.23. The minimum Gasteiger partial charge on any atom is -0.444 e. The van der Waals surface area contributed by atoms with E-state index in [0.717, 1.165) is 12.3 Å². The highest BCUT2D eigenvalue weighted by molar-refractivity contribution is 5.97. The molecule has 3 aromatic rings. The molecule has 12 heteroatoms. The van der Waals surface area contributed by atoms with E-state index in [0.29, 0.717) is 25.1 Å². The highest BCUT2D eigenvalue weighted by atomic mass is 19.4. The summed E-state index contributed by atoms with van der Waals surface area (Å²) in [5, 5.41) is 3.41. The maximum Gasteiger partial charge on any atom is 0.417 e. The second-order valence-electron chi connectivity index (χ2n) is 9.39. The van der Waals surface area contributed by atoms with Crippen LogP contribution in [0.5, 0.6) is 0 Å². The zero-order valence-electron chi connectivity index (χ0n) is 19.7. The Morgan fingerprint density at radius 2 is 1.89 bits per heavy atom. The van der Waals surface area contributed by atoms with Crippen LogP contribution in [0.2, 0.25) is 0 Å². The number of hydrogen-bond acceptors (Lipinski definition) is 7. The third-order valence-corrected chi connectivity index (χ3v) is 5.49. The zero-order valence-corrected chi connectivity index (χ0v) is 19.7. The number of aryl methyl sites for hydroxylation is 1. The number of halogens is 3. The number of amides is 1. The molecule has 0 saturated carbocycles. The molecule has 1 aliphatic rings. The monoisotopic (exact) mass is 490 g/mol. The van der Waals surface area contributed by atoms with Gasteiger partial charge in [-0.1, -0.05) is 0 Å². The average Bonchev–Trinajstić information content (AvgIpc) is 3.23. The van der Waals surface area contributed by atoms with Crippen LogP contribution in [0.4, 0.5) is 23.8 Å². The van der Waals surface area contributed by atoms with Crippen molar-refractivity contribution in [1.29, 1.82) is 0 Å². The summed E-state index contributed by atoms with van der Waals surface area (Å²) in [4.78, 5) is 39.6. The summed E-state index contributed by atoms with van der Waals surface area (Å²) < 4.78 is 45.5. The van der Waals surface area contributed by atoms with E-state index in [1.54, 1.807) is 32.7 Å². The van der Waals surface area contributed by atoms with Gasteiger partial charge < -0.3 is 19.5 Å². The van der Waals surface area contributed by atoms with E-state index in [4.69, 9.17) is 4.74 Å². The Kier molecular flexibility index (Phi) is 6.16. The molecule has 1 atom stereocenters. The Bertz CT molecular complexity index is 1320. The smallest absolute Gasteiger partial charge is 0.417 e. The van der Waals surface area contributed by atoms with E-state index in [2.05, 4.69) is 20.3 Å². The lowest BCUT2D eigenvalue weighted by atomic mass is 10.1. The number of alkyl halides is 3. The molecule has 0 unspecified atom stereocenters. The summed E-state index contributed by atoms with van der Waals surface area (Å²) in [6.07, 6.45) is -0.818. The number of ether oxygens (including phenoxy) is 1. The van der Waals surface area contributed by atoms with Crippen molar-refractivity contribution < 1.29 is 22.7 Å². The lowest BCUT2D eigenvalue weighted by Gasteiger charge is -2.24. The highest BCUT2D eigenvalue weighted by Gasteiger charge is 2.32. The predicted octanol–water partition coefficient (Wildman–Crippen LogP) is 3.83. The van der Waals surface area contributed by atoms with E-state index in [-0.39, 0.29) is 34.0 Å². The van der Waals surface area contributed by atoms with Gasteiger partial charge in [0.2, 0.25) is 0 Å². The predicted molar refractivity (Wildman–Crippen MR) is 123 cm³/mol. The second kappa shape index (κ2) is 8.82. The molecule has 0 aliphatic carbocycles. The van der Waals surface area contributed by atoms with Crippen LogP contribution >= 0.6 is 0 Å². The topological polar surface area (TPSA) is 102 Å². The van der Waals surface area contributed by atoms with Gasteiger partial charge in [-0.25, -0.2) is 14.8 Å². The molecule has 1 amide bonds. The molecule has 9 nitrogen and oxygen atoms in total. The first-order valence-corrected chi connectivity index (χ1v) is 11.0. The van der Waals surface area contributed by atoms with E-state index in [9.17, 15) is 22.8 Å². The third kappa shape index (κ3) is 5.20. The van der Waals surface area contributed by atoms with Gasteiger partial charge in [-0.05, 0) is 39.3 Å². The summed E-state index contributed by atoms with van der Waals surface area (Å²) in [7, 11) is 1.54. The molecular formula is C23H25F3N6O3. The number of rotatable bonds is 3. The van der Waals surface area contributed by atoms with E-state index < -0.39 is 23.4 Å². The zero-order chi connectivity index (χ0) is 25.5. The van der Waals surface area contributed by atoms with Crippen molar-refractivity contribution in [3.63, 3.8) is 0 Å². The van der Waals surface area contributed by atoms with Crippen LogP contribution in [0.15, 0.2) is 35.6 Å². The summed E-state index contributed by atoms with van der Waals surface area (Å²) >= 11 is 0. The fraction of sp³-hybridized carbons (Fsp3) is 0.435. The maximum atomic E-state index is 13.0. The van der Waals surface area contributed by atoms with Crippen LogP contribution in [0, 0.1) is 0 Å². The first kappa shape index (κ1) is 24.4. The largest absolute Gasteiger partial charge is 0.444 e. The Morgan fingerprint density at radius 3 is 2.51 bits per heavy atom. The van der Waals surface area contributed by atoms with E-state index >= 15 is 0 Å². The number of pyridine rings is 2. The number of nitrogens with one attached hydrogen (secondary N) is 1. The van der Waals surface area contributed by atoms with Crippen LogP contribution in [0.25, 0.3) is 22.2 Å². The number of aromatic nitrogens is 4. The van der Waals surface area contributed by atoms with Gasteiger partial charge in [-0.3, -0.25) is 9.78 Å². The molecule has 0 radical (unpaired) electrons. The molecule has 0 bridgehead atoms. The Morgan fingerprint density at radius 1 is 1.14 bits per heavy atom. The van der Waals surface area contributed by atoms with Gasteiger partial charge in [0.25, 0.3) is 5.56 Å². The van der Waals surface area contributed by atoms with Crippen LogP contribution < -0.4 is 10.9 Å². The average molecular weight is 490 g/mol. The molecule has 4 heterocycles. The van der Waals surface area contributed by atoms with Crippen molar-refractivity contribution in [3.8, 4) is 11.3 Å². The molecule has 1 N–H and O–H groups in total. The normalized spacial score (nSPS) is 16.5. The standard InChI is InChI=1S/C23H25F3N6O3/c1-22(2,3)35-21(34)32-8-7-14(11-32)30-19-17-18(29-12-31(4)20(17)33)15(10-28-19)16-6-5-13(9-27-16)23(24,25)26/h5-6,9-10,12,14H,7-8,11H2,1-4H3,(H,28,30)/t14-/m0/s1. The summed E-state index contributed by atoms with van der Waals surface area (Å²) in [5.41, 5.74) is -1.06. The molecule has 4 rings (SSSR count). The number of hydrogen-bond donors (Lipinski definition) is 1. The van der Waals surface area contributed by atoms with Gasteiger partial charge in [-0.15, -0.1) is 0 Å². The Labute approximate surface area is 199 Å². The van der Waals surface area contributed by atoms with Gasteiger partial charge in [-0.2, -0.15) is 13.2 Å². The Balaban J connectivity index is 1.65. The molecule has 1 fully saturated rings. The molecule has 1 saturated heterocycles. The third-order valence-electron chi connectivity index (χ3n) is 5.49. The van der Waals surface area contributed by atoms with Gasteiger partial charge >= 0.3 is 12.3 Å². The number of anilines is 1. The van der Waals surface area contributed by atoms with Crippen molar-refractivity contribution in [2.45, 2.75) is 45.0 Å². The summed E-state index contributed by atoms with van der Waals surface area (Å²) in [5.74, 6) is 0.278. The van der Waals surface area contributed by atoms with Gasteiger partial charge in [0.15, 0.2) is 0 Å². The van der Waals surface area contributed by atoms with Crippen molar-refractivity contribution >= 4 is 22.8 Å². The first-order chi connectivity index (χ1) is 16.3. The van der Waals surface area contributed by atoms with E-state index in [1.165, 1.54) is 23.2 Å². The second-order valence-corrected chi connectivity index (χ2v) is 9.39. The van der Waals surface area contributed by atoms with Gasteiger partial charge in [0.1, 0.15) is 16.8 Å². The molecular weight excluding hydrogens is 465 g/mol. The van der Waals surface area contributed by atoms with Crippen molar-refractivity contribution in [2.75, 3.05) is 18.4 Å². The van der Waals surface area contributed by atoms with Crippen LogP contribution in [-0.4, -0.2) is 55.2 Å². The molecule has 0 spiro atoms. The number of carbonyl (C=O) groups is 1. The Hall–Kier alpha value is -3.70. The van der Waals surface area contributed by atoms with Gasteiger partial charge in [0, 0.05) is 44.1 Å². The SMILES string of the molecule is Cn1cnc2c(-c3ccc(C(F)(F)F)cn3)cnc(N[C@H]3CCN(C(=O)OC(C)(C)C)C3)c2c1=O. The van der Waals surface area contributed by atoms with Crippen molar-refractivity contribution in [3.05, 3.63) is 46.8 Å². The van der Waals surface area contributed by atoms with Crippen LogP contribution in [0.3, 0.4) is 0 Å². The van der Waals surface area contributed by atoms with Gasteiger partial charge in [0.05, 0.1) is 23.1 Å². The molecule has 35 heavy (non-hydrogen) atoms. The molecule has 0 aromatic carbocycles. The molecule has 3 aromatic heterocycles. The van der Waals surface area contributed by atoms with Crippen molar-refractivity contribution in [2.24, 2.45) is 7.05 Å². The van der Waals surface area contributed by atoms with Crippen LogP contribution in [-0.2, 0) is 18.0 Å². The highest BCUT2D eigenvalue weighted by Crippen LogP contribution is 2.32. The first-order valence-electron chi connectivity index (χ1n) is 11.0. The number of likely N-dealkylation sites (tertiary alicyclic amines) is 1. The lowest BCUT2D eigenvalue weighted by Crippen LogP contribution is -2.36. The van der Waals surface area contributed by atoms with Crippen LogP contribution in [0.1, 0.15) is 32.8 Å².